The molecule has 35 heavy (non-hydrogen) atoms. The van der Waals surface area contributed by atoms with Crippen molar-refractivity contribution in [1.82, 2.24) is 15.2 Å². The van der Waals surface area contributed by atoms with Crippen LogP contribution in [-0.4, -0.2) is 40.0 Å². The number of nitrogens with one attached hydrogen (secondary N) is 2. The number of amides is 2. The van der Waals surface area contributed by atoms with E-state index >= 15 is 0 Å². The number of carbonyl (C=O) groups excluding carboxylic acids is 2. The zero-order valence-corrected chi connectivity index (χ0v) is 22.0. The number of rotatable bonds is 8. The van der Waals surface area contributed by atoms with E-state index in [9.17, 15) is 9.59 Å². The van der Waals surface area contributed by atoms with Crippen molar-refractivity contribution in [2.75, 3.05) is 13.1 Å². The fourth-order valence-corrected chi connectivity index (χ4v) is 5.68. The molecule has 0 bridgehead atoms. The van der Waals surface area contributed by atoms with Crippen LogP contribution in [0.15, 0.2) is 71.2 Å². The second-order valence-electron chi connectivity index (χ2n) is 8.38. The van der Waals surface area contributed by atoms with Crippen LogP contribution in [-0.2, 0) is 16.0 Å². The van der Waals surface area contributed by atoms with Gasteiger partial charge in [0, 0.05) is 35.2 Å². The van der Waals surface area contributed by atoms with Gasteiger partial charge in [0.05, 0.1) is 10.9 Å². The summed E-state index contributed by atoms with van der Waals surface area (Å²) in [6.45, 7) is 3.26. The first kappa shape index (κ1) is 25.2. The maximum Gasteiger partial charge on any atom is 0.237 e. The molecule has 2 heterocycles. The molecule has 2 amide bonds. The van der Waals surface area contributed by atoms with Gasteiger partial charge in [-0.1, -0.05) is 59.1 Å². The number of hydrogen-bond acceptors (Lipinski definition) is 3. The van der Waals surface area contributed by atoms with Crippen LogP contribution < -0.4 is 5.32 Å². The van der Waals surface area contributed by atoms with Crippen molar-refractivity contribution < 1.29 is 9.59 Å². The summed E-state index contributed by atoms with van der Waals surface area (Å²) < 4.78 is 1.03. The zero-order valence-electron chi connectivity index (χ0n) is 19.6. The standard InChI is InChI=1S/C28H28BrN3O2S/c1-2-18-32-27(34)25(19-26(33)30-17-16-21-8-11-22(29)12-9-21)35-28(32)24-15-14-23(31-24)13-10-20-6-4-3-5-7-20/h3-9,11-12,14-15,25,28,31H,2,16-19H2,1H3,(H,30,33). The Morgan fingerprint density at radius 3 is 2.60 bits per heavy atom. The molecule has 0 spiro atoms. The molecule has 2 N–H and O–H groups in total. The van der Waals surface area contributed by atoms with Gasteiger partial charge in [-0.2, -0.15) is 0 Å². The summed E-state index contributed by atoms with van der Waals surface area (Å²) >= 11 is 4.97. The van der Waals surface area contributed by atoms with E-state index in [2.05, 4.69) is 45.0 Å². The summed E-state index contributed by atoms with van der Waals surface area (Å²) in [4.78, 5) is 31.0. The van der Waals surface area contributed by atoms with Crippen molar-refractivity contribution in [1.29, 1.82) is 0 Å². The first-order valence-electron chi connectivity index (χ1n) is 11.8. The van der Waals surface area contributed by atoms with Crippen LogP contribution >= 0.6 is 27.7 Å². The third-order valence-electron chi connectivity index (χ3n) is 5.71. The summed E-state index contributed by atoms with van der Waals surface area (Å²) in [7, 11) is 0. The zero-order chi connectivity index (χ0) is 24.6. The maximum atomic E-state index is 13.1. The molecule has 4 rings (SSSR count). The molecule has 0 saturated carbocycles. The largest absolute Gasteiger partial charge is 0.356 e. The first-order valence-corrected chi connectivity index (χ1v) is 13.5. The Hall–Kier alpha value is -2.95. The second kappa shape index (κ2) is 12.1. The van der Waals surface area contributed by atoms with Gasteiger partial charge in [-0.05, 0) is 60.7 Å². The lowest BCUT2D eigenvalue weighted by atomic mass is 10.1. The van der Waals surface area contributed by atoms with Gasteiger partial charge in [0.25, 0.3) is 0 Å². The maximum absolute atomic E-state index is 13.1. The number of hydrogen-bond donors (Lipinski definition) is 2. The molecular formula is C28H28BrN3O2S. The lowest BCUT2D eigenvalue weighted by molar-refractivity contribution is -0.132. The Morgan fingerprint density at radius 1 is 1.09 bits per heavy atom. The summed E-state index contributed by atoms with van der Waals surface area (Å²) in [6, 6.07) is 21.8. The third kappa shape index (κ3) is 6.81. The average Bonchev–Trinajstić information content (AvgIpc) is 3.45. The second-order valence-corrected chi connectivity index (χ2v) is 10.6. The molecule has 1 aliphatic heterocycles. The van der Waals surface area contributed by atoms with Crippen LogP contribution in [0.3, 0.4) is 0 Å². The third-order valence-corrected chi connectivity index (χ3v) is 7.70. The minimum atomic E-state index is -0.388. The topological polar surface area (TPSA) is 65.2 Å². The van der Waals surface area contributed by atoms with Crippen LogP contribution in [0.1, 0.15) is 47.7 Å². The molecular weight excluding hydrogens is 522 g/mol. The highest BCUT2D eigenvalue weighted by molar-refractivity contribution is 9.10. The molecule has 180 valence electrons. The van der Waals surface area contributed by atoms with Gasteiger partial charge in [0.15, 0.2) is 0 Å². The quantitative estimate of drug-likeness (QED) is 0.376. The van der Waals surface area contributed by atoms with Gasteiger partial charge in [0.2, 0.25) is 11.8 Å². The highest BCUT2D eigenvalue weighted by Crippen LogP contribution is 2.43. The number of halogens is 1. The highest BCUT2D eigenvalue weighted by Gasteiger charge is 2.41. The minimum Gasteiger partial charge on any atom is -0.356 e. The molecule has 0 radical (unpaired) electrons. The van der Waals surface area contributed by atoms with Crippen molar-refractivity contribution >= 4 is 39.5 Å². The number of H-pyrrole nitrogens is 1. The number of aromatic nitrogens is 1. The van der Waals surface area contributed by atoms with E-state index in [1.54, 1.807) is 0 Å². The SMILES string of the molecule is CCCN1C(=O)C(CC(=O)NCCc2ccc(Br)cc2)SC1c1ccc(C#Cc2ccccc2)[nH]1. The molecule has 1 aliphatic rings. The van der Waals surface area contributed by atoms with Crippen LogP contribution in [0, 0.1) is 11.8 Å². The van der Waals surface area contributed by atoms with Gasteiger partial charge in [-0.15, -0.1) is 11.8 Å². The Balaban J connectivity index is 1.36. The lowest BCUT2D eigenvalue weighted by Gasteiger charge is -2.22. The van der Waals surface area contributed by atoms with Crippen molar-refractivity contribution in [3.63, 3.8) is 0 Å². The van der Waals surface area contributed by atoms with Crippen LogP contribution in [0.25, 0.3) is 0 Å². The fourth-order valence-electron chi connectivity index (χ4n) is 3.96. The first-order chi connectivity index (χ1) is 17.0. The summed E-state index contributed by atoms with van der Waals surface area (Å²) in [5, 5.41) is 2.44. The number of thioether (sulfide) groups is 1. The fraction of sp³-hybridized carbons (Fsp3) is 0.286. The molecule has 2 unspecified atom stereocenters. The summed E-state index contributed by atoms with van der Waals surface area (Å²) in [5.74, 6) is 6.25. The van der Waals surface area contributed by atoms with Crippen molar-refractivity contribution in [3.05, 3.63) is 93.7 Å². The minimum absolute atomic E-state index is 0.0245. The van der Waals surface area contributed by atoms with E-state index in [1.807, 2.05) is 71.6 Å². The summed E-state index contributed by atoms with van der Waals surface area (Å²) in [6.07, 6.45) is 1.79. The van der Waals surface area contributed by atoms with E-state index in [0.29, 0.717) is 13.1 Å². The van der Waals surface area contributed by atoms with Gasteiger partial charge in [-0.25, -0.2) is 0 Å². The van der Waals surface area contributed by atoms with Gasteiger partial charge < -0.3 is 15.2 Å². The van der Waals surface area contributed by atoms with Crippen molar-refractivity contribution in [3.8, 4) is 11.8 Å². The van der Waals surface area contributed by atoms with Gasteiger partial charge in [0.1, 0.15) is 5.37 Å². The molecule has 1 saturated heterocycles. The number of carbonyl (C=O) groups is 2. The average molecular weight is 551 g/mol. The van der Waals surface area contributed by atoms with Crippen LogP contribution in [0.4, 0.5) is 0 Å². The molecule has 5 nitrogen and oxygen atoms in total. The Morgan fingerprint density at radius 2 is 1.86 bits per heavy atom. The highest BCUT2D eigenvalue weighted by atomic mass is 79.9. The predicted octanol–water partition coefficient (Wildman–Crippen LogP) is 5.28. The molecule has 1 fully saturated rings. The van der Waals surface area contributed by atoms with Crippen LogP contribution in [0.5, 0.6) is 0 Å². The predicted molar refractivity (Wildman–Crippen MR) is 145 cm³/mol. The lowest BCUT2D eigenvalue weighted by Crippen LogP contribution is -2.35. The smallest absolute Gasteiger partial charge is 0.237 e. The van der Waals surface area contributed by atoms with Crippen molar-refractivity contribution in [2.45, 2.75) is 36.8 Å². The number of aromatic amines is 1. The van der Waals surface area contributed by atoms with E-state index in [1.165, 1.54) is 11.8 Å². The number of nitrogens with zero attached hydrogens (tertiary/aromatic N) is 1. The van der Waals surface area contributed by atoms with Gasteiger partial charge >= 0.3 is 0 Å². The van der Waals surface area contributed by atoms with E-state index in [-0.39, 0.29) is 28.9 Å². The molecule has 1 aromatic heterocycles. The number of benzene rings is 2. The summed E-state index contributed by atoms with van der Waals surface area (Å²) in [5.41, 5.74) is 3.86. The Bertz CT molecular complexity index is 1210. The van der Waals surface area contributed by atoms with Gasteiger partial charge in [-0.3, -0.25) is 9.59 Å². The van der Waals surface area contributed by atoms with E-state index in [0.717, 1.165) is 39.8 Å². The molecule has 2 aromatic carbocycles. The monoisotopic (exact) mass is 549 g/mol. The molecule has 3 aromatic rings. The Kier molecular flexibility index (Phi) is 8.73. The normalized spacial score (nSPS) is 17.2. The van der Waals surface area contributed by atoms with Crippen LogP contribution in [0.2, 0.25) is 0 Å². The molecule has 7 heteroatoms. The van der Waals surface area contributed by atoms with Crippen molar-refractivity contribution in [2.24, 2.45) is 0 Å². The van der Waals surface area contributed by atoms with E-state index < -0.39 is 0 Å². The molecule has 2 atom stereocenters. The van der Waals surface area contributed by atoms with E-state index in [4.69, 9.17) is 0 Å². The molecule has 0 aliphatic carbocycles. The Labute approximate surface area is 219 Å².